The van der Waals surface area contributed by atoms with Gasteiger partial charge in [0.15, 0.2) is 0 Å². The van der Waals surface area contributed by atoms with Crippen LogP contribution in [0.3, 0.4) is 0 Å². The van der Waals surface area contributed by atoms with Gasteiger partial charge in [-0.15, -0.1) is 0 Å². The molecule has 0 N–H and O–H groups in total. The first-order valence-electron chi connectivity index (χ1n) is 25.3. The average molecular weight is 792 g/mol. The van der Waals surface area contributed by atoms with E-state index in [1.165, 1.54) is 212 Å². The number of likely N-dealkylation sites (tertiary alicyclic amines) is 1. The number of hydrogen-bond acceptors (Lipinski definition) is 5. The van der Waals surface area contributed by atoms with Gasteiger partial charge >= 0.3 is 5.97 Å². The minimum absolute atomic E-state index is 0.0230. The Morgan fingerprint density at radius 2 is 0.911 bits per heavy atom. The fraction of sp³-hybridized carbons (Fsp3) is 0.961. The molecule has 0 aromatic rings. The molecule has 1 atom stereocenters. The summed E-state index contributed by atoms with van der Waals surface area (Å²) in [5.41, 5.74) is 0. The molecular formula is C51H101NO4. The second-order valence-electron chi connectivity index (χ2n) is 17.9. The van der Waals surface area contributed by atoms with Gasteiger partial charge in [-0.05, 0) is 82.3 Å². The number of carbonyl (C=O) groups excluding carboxylic acids is 2. The van der Waals surface area contributed by atoms with Crippen LogP contribution in [0.4, 0.5) is 0 Å². The predicted octanol–water partition coefficient (Wildman–Crippen LogP) is 15.6. The number of methoxy groups -OCH3 is 1. The summed E-state index contributed by atoms with van der Waals surface area (Å²) in [4.78, 5) is 25.5. The highest BCUT2D eigenvalue weighted by Crippen LogP contribution is 2.25. The first-order valence-corrected chi connectivity index (χ1v) is 25.3. The van der Waals surface area contributed by atoms with Crippen LogP contribution in [0.1, 0.15) is 259 Å². The summed E-state index contributed by atoms with van der Waals surface area (Å²) in [5.74, 6) is 2.55. The zero-order valence-electron chi connectivity index (χ0n) is 38.9. The maximum atomic E-state index is 12.3. The third kappa shape index (κ3) is 38.6. The molecule has 5 heteroatoms. The lowest BCUT2D eigenvalue weighted by molar-refractivity contribution is -0.144. The summed E-state index contributed by atoms with van der Waals surface area (Å²) >= 11 is 0. The van der Waals surface area contributed by atoms with Gasteiger partial charge in [-0.1, -0.05) is 201 Å². The van der Waals surface area contributed by atoms with E-state index in [4.69, 9.17) is 9.47 Å². The van der Waals surface area contributed by atoms with Crippen molar-refractivity contribution in [3.05, 3.63) is 0 Å². The van der Waals surface area contributed by atoms with Crippen molar-refractivity contribution in [2.45, 2.75) is 259 Å². The summed E-state index contributed by atoms with van der Waals surface area (Å²) in [7, 11) is 1.81. The number of carbonyl (C=O) groups is 2. The number of ether oxygens (including phenoxy) is 2. The molecule has 1 heterocycles. The van der Waals surface area contributed by atoms with Gasteiger partial charge in [0.05, 0.1) is 6.61 Å². The summed E-state index contributed by atoms with van der Waals surface area (Å²) in [6.07, 6.45) is 46.9. The highest BCUT2D eigenvalue weighted by atomic mass is 16.5. The van der Waals surface area contributed by atoms with E-state index in [-0.39, 0.29) is 5.97 Å². The fourth-order valence-electron chi connectivity index (χ4n) is 8.70. The first kappa shape index (κ1) is 55.1. The molecule has 1 saturated heterocycles. The van der Waals surface area contributed by atoms with Crippen LogP contribution in [-0.4, -0.2) is 57.1 Å². The molecule has 0 aromatic carbocycles. The highest BCUT2D eigenvalue weighted by molar-refractivity contribution is 5.69. The van der Waals surface area contributed by atoms with Gasteiger partial charge in [-0.3, -0.25) is 4.79 Å². The largest absolute Gasteiger partial charge is 0.466 e. The van der Waals surface area contributed by atoms with Crippen LogP contribution in [0, 0.1) is 17.8 Å². The Kier molecular flexibility index (Phi) is 44.4. The molecule has 1 rings (SSSR count). The van der Waals surface area contributed by atoms with E-state index in [0.717, 1.165) is 62.8 Å². The van der Waals surface area contributed by atoms with Crippen LogP contribution < -0.4 is 0 Å². The zero-order chi connectivity index (χ0) is 41.0. The molecule has 56 heavy (non-hydrogen) atoms. The molecule has 0 aliphatic carbocycles. The zero-order valence-corrected chi connectivity index (χ0v) is 38.9. The summed E-state index contributed by atoms with van der Waals surface area (Å²) in [6.45, 7) is 14.6. The van der Waals surface area contributed by atoms with E-state index >= 15 is 0 Å². The van der Waals surface area contributed by atoms with Gasteiger partial charge in [0.1, 0.15) is 6.29 Å². The Labute approximate surface area is 351 Å². The van der Waals surface area contributed by atoms with Crippen LogP contribution >= 0.6 is 0 Å². The molecule has 0 saturated carbocycles. The smallest absolute Gasteiger partial charge is 0.305 e. The molecule has 1 aliphatic rings. The van der Waals surface area contributed by atoms with Crippen LogP contribution in [0.2, 0.25) is 0 Å². The number of hydrogen-bond donors (Lipinski definition) is 0. The van der Waals surface area contributed by atoms with Crippen molar-refractivity contribution in [1.82, 2.24) is 4.90 Å². The van der Waals surface area contributed by atoms with Crippen LogP contribution in [-0.2, 0) is 19.1 Å². The molecule has 0 aromatic heterocycles. The number of esters is 1. The highest BCUT2D eigenvalue weighted by Gasteiger charge is 2.15. The van der Waals surface area contributed by atoms with Gasteiger partial charge in [-0.25, -0.2) is 0 Å². The standard InChI is InChI=1S/C37H71NO3.C14H30O/c1-3-5-15-23-36(24-16-6-4-2)29-34-41-37(40)27-19-12-9-11-18-26-35(25-17-10-7-8-13-22-33-39)28-32-38-30-20-14-21-31-38;1-4-6-8-10-14(12-13-15-3)11-9-7-5-2/h33,35-36H,3-32,34H2,1-2H3;14H,4-13H2,1-3H3. The van der Waals surface area contributed by atoms with Crippen molar-refractivity contribution in [2.75, 3.05) is 40.0 Å². The topological polar surface area (TPSA) is 55.8 Å². The van der Waals surface area contributed by atoms with Crippen molar-refractivity contribution in [3.63, 3.8) is 0 Å². The molecule has 334 valence electrons. The van der Waals surface area contributed by atoms with E-state index in [9.17, 15) is 9.59 Å². The minimum Gasteiger partial charge on any atom is -0.466 e. The normalized spacial score (nSPS) is 13.9. The minimum atomic E-state index is 0.0230. The molecule has 0 radical (unpaired) electrons. The molecule has 1 fully saturated rings. The summed E-state index contributed by atoms with van der Waals surface area (Å²) < 4.78 is 10.8. The van der Waals surface area contributed by atoms with Crippen molar-refractivity contribution in [1.29, 1.82) is 0 Å². The lowest BCUT2D eigenvalue weighted by atomic mass is 9.91. The van der Waals surface area contributed by atoms with Gasteiger partial charge in [0, 0.05) is 26.6 Å². The van der Waals surface area contributed by atoms with Crippen molar-refractivity contribution in [2.24, 2.45) is 17.8 Å². The fourth-order valence-corrected chi connectivity index (χ4v) is 8.70. The lowest BCUT2D eigenvalue weighted by Crippen LogP contribution is -2.31. The quantitative estimate of drug-likeness (QED) is 0.0351. The third-order valence-corrected chi connectivity index (χ3v) is 12.6. The van der Waals surface area contributed by atoms with E-state index < -0.39 is 0 Å². The number of piperidine rings is 1. The Hall–Kier alpha value is -0.940. The Morgan fingerprint density at radius 1 is 0.500 bits per heavy atom. The van der Waals surface area contributed by atoms with Gasteiger partial charge < -0.3 is 19.2 Å². The van der Waals surface area contributed by atoms with Crippen LogP contribution in [0.15, 0.2) is 0 Å². The molecule has 0 spiro atoms. The van der Waals surface area contributed by atoms with Crippen molar-refractivity contribution < 1.29 is 19.1 Å². The van der Waals surface area contributed by atoms with Crippen LogP contribution in [0.25, 0.3) is 0 Å². The molecule has 0 bridgehead atoms. The van der Waals surface area contributed by atoms with Crippen molar-refractivity contribution in [3.8, 4) is 0 Å². The van der Waals surface area contributed by atoms with Gasteiger partial charge in [0.25, 0.3) is 0 Å². The van der Waals surface area contributed by atoms with E-state index in [2.05, 4.69) is 32.6 Å². The maximum absolute atomic E-state index is 12.3. The number of rotatable bonds is 41. The molecule has 1 aliphatic heterocycles. The predicted molar refractivity (Wildman–Crippen MR) is 245 cm³/mol. The maximum Gasteiger partial charge on any atom is 0.305 e. The third-order valence-electron chi connectivity index (χ3n) is 12.6. The van der Waals surface area contributed by atoms with E-state index in [0.29, 0.717) is 13.0 Å². The number of unbranched alkanes of at least 4 members (excludes halogenated alkanes) is 17. The summed E-state index contributed by atoms with van der Waals surface area (Å²) in [5, 5.41) is 0. The second kappa shape index (κ2) is 45.1. The molecular weight excluding hydrogens is 691 g/mol. The lowest BCUT2D eigenvalue weighted by Gasteiger charge is -2.28. The molecule has 5 nitrogen and oxygen atoms in total. The van der Waals surface area contributed by atoms with Gasteiger partial charge in [-0.2, -0.15) is 0 Å². The molecule has 0 amide bonds. The van der Waals surface area contributed by atoms with Crippen molar-refractivity contribution >= 4 is 12.3 Å². The van der Waals surface area contributed by atoms with Crippen LogP contribution in [0.5, 0.6) is 0 Å². The summed E-state index contributed by atoms with van der Waals surface area (Å²) in [6, 6.07) is 0. The Bertz CT molecular complexity index is 764. The average Bonchev–Trinajstić information content (AvgIpc) is 3.21. The Morgan fingerprint density at radius 3 is 1.38 bits per heavy atom. The second-order valence-corrected chi connectivity index (χ2v) is 17.9. The van der Waals surface area contributed by atoms with E-state index in [1.54, 1.807) is 0 Å². The Balaban J connectivity index is 0.00000169. The first-order chi connectivity index (χ1) is 27.5. The SMILES string of the molecule is CCCCCC(CCCCC)CCOC.CCCCCC(CCCCC)CCOC(=O)CCCCCCCC(CCCCCCCC=O)CCN1CCCCC1. The molecule has 1 unspecified atom stereocenters. The number of nitrogens with zero attached hydrogens (tertiary/aromatic N) is 1. The monoisotopic (exact) mass is 792 g/mol. The van der Waals surface area contributed by atoms with Gasteiger partial charge in [0.2, 0.25) is 0 Å². The number of aldehydes is 1. The van der Waals surface area contributed by atoms with E-state index in [1.807, 2.05) is 7.11 Å².